The van der Waals surface area contributed by atoms with E-state index in [4.69, 9.17) is 16.7 Å². The van der Waals surface area contributed by atoms with Crippen molar-refractivity contribution in [2.45, 2.75) is 12.7 Å². The summed E-state index contributed by atoms with van der Waals surface area (Å²) < 4.78 is 0. The van der Waals surface area contributed by atoms with E-state index in [0.717, 1.165) is 5.56 Å². The van der Waals surface area contributed by atoms with Crippen LogP contribution in [0.1, 0.15) is 12.5 Å². The van der Waals surface area contributed by atoms with Crippen LogP contribution in [0.3, 0.4) is 0 Å². The number of hydrogen-bond acceptors (Lipinski definition) is 3. The van der Waals surface area contributed by atoms with Crippen LogP contribution in [-0.2, 0) is 15.3 Å². The van der Waals surface area contributed by atoms with Crippen molar-refractivity contribution in [2.75, 3.05) is 18.8 Å². The van der Waals surface area contributed by atoms with E-state index in [9.17, 15) is 9.59 Å². The van der Waals surface area contributed by atoms with Gasteiger partial charge in [-0.3, -0.25) is 9.59 Å². The van der Waals surface area contributed by atoms with Crippen LogP contribution in [0.2, 0.25) is 5.02 Å². The Hall–Kier alpha value is -1.20. The van der Waals surface area contributed by atoms with E-state index < -0.39 is 5.97 Å². The Morgan fingerprint density at radius 1 is 1.32 bits per heavy atom. The molecule has 1 rings (SSSR count). The SMILES string of the molecule is CCN(CC(=O)O)C(=O)CSCc1ccc(Cl)cc1. The van der Waals surface area contributed by atoms with Gasteiger partial charge in [0.25, 0.3) is 0 Å². The normalized spacial score (nSPS) is 10.2. The number of amides is 1. The Morgan fingerprint density at radius 3 is 2.47 bits per heavy atom. The molecule has 0 aromatic heterocycles. The summed E-state index contributed by atoms with van der Waals surface area (Å²) in [7, 11) is 0. The van der Waals surface area contributed by atoms with Crippen LogP contribution in [0.25, 0.3) is 0 Å². The average Bonchev–Trinajstić information content (AvgIpc) is 2.38. The topological polar surface area (TPSA) is 57.6 Å². The van der Waals surface area contributed by atoms with Crippen molar-refractivity contribution < 1.29 is 14.7 Å². The first-order chi connectivity index (χ1) is 9.02. The number of benzene rings is 1. The summed E-state index contributed by atoms with van der Waals surface area (Å²) in [5, 5.41) is 9.36. The minimum Gasteiger partial charge on any atom is -0.480 e. The molecule has 0 aliphatic carbocycles. The monoisotopic (exact) mass is 301 g/mol. The van der Waals surface area contributed by atoms with Gasteiger partial charge in [-0.05, 0) is 24.6 Å². The molecule has 0 saturated heterocycles. The first-order valence-electron chi connectivity index (χ1n) is 5.84. The average molecular weight is 302 g/mol. The molecular formula is C13H16ClNO3S. The minimum atomic E-state index is -0.988. The molecule has 0 radical (unpaired) electrons. The summed E-state index contributed by atoms with van der Waals surface area (Å²) in [6.45, 7) is 1.94. The van der Waals surface area contributed by atoms with Crippen molar-refractivity contribution in [1.82, 2.24) is 4.90 Å². The van der Waals surface area contributed by atoms with Crippen LogP contribution in [0.5, 0.6) is 0 Å². The molecule has 19 heavy (non-hydrogen) atoms. The van der Waals surface area contributed by atoms with Crippen LogP contribution in [0.4, 0.5) is 0 Å². The number of halogens is 1. The van der Waals surface area contributed by atoms with Crippen molar-refractivity contribution in [3.05, 3.63) is 34.9 Å². The second kappa shape index (κ2) is 8.07. The van der Waals surface area contributed by atoms with E-state index >= 15 is 0 Å². The Balaban J connectivity index is 2.37. The third-order valence-electron chi connectivity index (χ3n) is 2.47. The number of thioether (sulfide) groups is 1. The fraction of sp³-hybridized carbons (Fsp3) is 0.385. The van der Waals surface area contributed by atoms with Crippen LogP contribution in [0.15, 0.2) is 24.3 Å². The van der Waals surface area contributed by atoms with Crippen molar-refractivity contribution in [2.24, 2.45) is 0 Å². The summed E-state index contributed by atoms with van der Waals surface area (Å²) in [5.41, 5.74) is 1.09. The summed E-state index contributed by atoms with van der Waals surface area (Å²) in [5.74, 6) is -0.154. The third kappa shape index (κ3) is 5.98. The maximum absolute atomic E-state index is 11.8. The van der Waals surface area contributed by atoms with Gasteiger partial charge < -0.3 is 10.0 Å². The van der Waals surface area contributed by atoms with Crippen LogP contribution in [0, 0.1) is 0 Å². The molecule has 0 atom stereocenters. The number of carbonyl (C=O) groups excluding carboxylic acids is 1. The Morgan fingerprint density at radius 2 is 1.95 bits per heavy atom. The molecule has 1 amide bonds. The predicted molar refractivity (Wildman–Crippen MR) is 77.5 cm³/mol. The lowest BCUT2D eigenvalue weighted by Crippen LogP contribution is -2.36. The van der Waals surface area contributed by atoms with Gasteiger partial charge in [0.1, 0.15) is 6.54 Å². The zero-order valence-corrected chi connectivity index (χ0v) is 12.2. The summed E-state index contributed by atoms with van der Waals surface area (Å²) in [6.07, 6.45) is 0. The van der Waals surface area contributed by atoms with E-state index in [1.165, 1.54) is 16.7 Å². The van der Waals surface area contributed by atoms with Crippen molar-refractivity contribution in [1.29, 1.82) is 0 Å². The zero-order valence-electron chi connectivity index (χ0n) is 10.6. The van der Waals surface area contributed by atoms with Crippen molar-refractivity contribution in [3.63, 3.8) is 0 Å². The number of carboxylic acid groups (broad SMARTS) is 1. The quantitative estimate of drug-likeness (QED) is 0.841. The summed E-state index contributed by atoms with van der Waals surface area (Å²) in [4.78, 5) is 23.7. The second-order valence-corrected chi connectivity index (χ2v) is 5.34. The van der Waals surface area contributed by atoms with E-state index in [-0.39, 0.29) is 18.2 Å². The molecule has 1 aromatic rings. The third-order valence-corrected chi connectivity index (χ3v) is 3.71. The first kappa shape index (κ1) is 15.9. The highest BCUT2D eigenvalue weighted by atomic mass is 35.5. The molecule has 6 heteroatoms. The number of nitrogens with zero attached hydrogens (tertiary/aromatic N) is 1. The molecular weight excluding hydrogens is 286 g/mol. The highest BCUT2D eigenvalue weighted by molar-refractivity contribution is 7.99. The fourth-order valence-electron chi connectivity index (χ4n) is 1.47. The second-order valence-electron chi connectivity index (χ2n) is 3.92. The largest absolute Gasteiger partial charge is 0.480 e. The standard InChI is InChI=1S/C13H16ClNO3S/c1-2-15(7-13(17)18)12(16)9-19-8-10-3-5-11(14)6-4-10/h3-6H,2,7-9H2,1H3,(H,17,18). The number of likely N-dealkylation sites (N-methyl/N-ethyl adjacent to an activating group) is 1. The molecule has 0 spiro atoms. The van der Waals surface area contributed by atoms with Crippen LogP contribution >= 0.6 is 23.4 Å². The number of carboxylic acids is 1. The van der Waals surface area contributed by atoms with E-state index in [1.807, 2.05) is 24.3 Å². The molecule has 0 aliphatic rings. The smallest absolute Gasteiger partial charge is 0.323 e. The molecule has 0 unspecified atom stereocenters. The molecule has 0 heterocycles. The van der Waals surface area contributed by atoms with Gasteiger partial charge in [-0.1, -0.05) is 23.7 Å². The van der Waals surface area contributed by atoms with Gasteiger partial charge in [-0.15, -0.1) is 11.8 Å². The number of aliphatic carboxylic acids is 1. The van der Waals surface area contributed by atoms with Crippen LogP contribution in [-0.4, -0.2) is 40.7 Å². The number of hydrogen-bond donors (Lipinski definition) is 1. The van der Waals surface area contributed by atoms with Gasteiger partial charge >= 0.3 is 5.97 Å². The Labute approximate surface area is 121 Å². The van der Waals surface area contributed by atoms with Gasteiger partial charge in [-0.25, -0.2) is 0 Å². The van der Waals surface area contributed by atoms with Gasteiger partial charge in [0.05, 0.1) is 5.75 Å². The fourth-order valence-corrected chi connectivity index (χ4v) is 2.48. The van der Waals surface area contributed by atoms with Gasteiger partial charge in [0.15, 0.2) is 0 Å². The van der Waals surface area contributed by atoms with Gasteiger partial charge in [0.2, 0.25) is 5.91 Å². The lowest BCUT2D eigenvalue weighted by atomic mass is 10.2. The maximum Gasteiger partial charge on any atom is 0.323 e. The highest BCUT2D eigenvalue weighted by Gasteiger charge is 2.14. The predicted octanol–water partition coefficient (Wildman–Crippen LogP) is 2.51. The Bertz CT molecular complexity index is 436. The zero-order chi connectivity index (χ0) is 14.3. The van der Waals surface area contributed by atoms with Crippen molar-refractivity contribution in [3.8, 4) is 0 Å². The molecule has 4 nitrogen and oxygen atoms in total. The molecule has 1 aromatic carbocycles. The molecule has 0 fully saturated rings. The molecule has 104 valence electrons. The van der Waals surface area contributed by atoms with Crippen molar-refractivity contribution >= 4 is 35.2 Å². The van der Waals surface area contributed by atoms with E-state index in [0.29, 0.717) is 17.3 Å². The first-order valence-corrected chi connectivity index (χ1v) is 7.38. The molecule has 1 N–H and O–H groups in total. The maximum atomic E-state index is 11.8. The highest BCUT2D eigenvalue weighted by Crippen LogP contribution is 2.15. The van der Waals surface area contributed by atoms with E-state index in [2.05, 4.69) is 0 Å². The molecule has 0 saturated carbocycles. The Kier molecular flexibility index (Phi) is 6.73. The van der Waals surface area contributed by atoms with Crippen LogP contribution < -0.4 is 0 Å². The lowest BCUT2D eigenvalue weighted by molar-refractivity contribution is -0.143. The lowest BCUT2D eigenvalue weighted by Gasteiger charge is -2.18. The van der Waals surface area contributed by atoms with Gasteiger partial charge in [-0.2, -0.15) is 0 Å². The number of carbonyl (C=O) groups is 2. The summed E-state index contributed by atoms with van der Waals surface area (Å²) >= 11 is 7.25. The number of rotatable bonds is 7. The summed E-state index contributed by atoms with van der Waals surface area (Å²) in [6, 6.07) is 7.44. The van der Waals surface area contributed by atoms with Gasteiger partial charge in [0, 0.05) is 17.3 Å². The molecule has 0 aliphatic heterocycles. The minimum absolute atomic E-state index is 0.149. The van der Waals surface area contributed by atoms with E-state index in [1.54, 1.807) is 6.92 Å². The molecule has 0 bridgehead atoms.